The number of rotatable bonds is 2. The topological polar surface area (TPSA) is 26.0 Å². The minimum atomic E-state index is 0.434. The molecule has 1 aromatic carbocycles. The van der Waals surface area contributed by atoms with Crippen molar-refractivity contribution in [3.8, 4) is 0 Å². The predicted octanol–water partition coefficient (Wildman–Crippen LogP) is 2.06. The van der Waals surface area contributed by atoms with Crippen molar-refractivity contribution in [2.24, 2.45) is 5.73 Å². The Hall–Kier alpha value is -0.860. The lowest BCUT2D eigenvalue weighted by Gasteiger charge is -2.39. The zero-order valence-corrected chi connectivity index (χ0v) is 10.4. The molecule has 1 heterocycles. The van der Waals surface area contributed by atoms with Crippen molar-refractivity contribution in [1.82, 2.24) is 0 Å². The van der Waals surface area contributed by atoms with Crippen LogP contribution < -0.4 is 5.73 Å². The molecule has 16 heavy (non-hydrogen) atoms. The summed E-state index contributed by atoms with van der Waals surface area (Å²) in [4.78, 5) is 0. The smallest absolute Gasteiger partial charge is 0.104 e. The van der Waals surface area contributed by atoms with Gasteiger partial charge < -0.3 is 10.2 Å². The first-order valence-corrected chi connectivity index (χ1v) is 6.22. The average molecular weight is 219 g/mol. The highest BCUT2D eigenvalue weighted by Gasteiger charge is 2.28. The molecule has 2 heteroatoms. The van der Waals surface area contributed by atoms with Gasteiger partial charge in [-0.25, -0.2) is 0 Å². The molecule has 0 atom stereocenters. The lowest BCUT2D eigenvalue weighted by molar-refractivity contribution is -0.927. The van der Waals surface area contributed by atoms with Gasteiger partial charge in [0.05, 0.1) is 20.1 Å². The standard InChI is InChI=1S/C14H23N2/c1-12-3-5-13(6-4-12)11-16(2)9-7-14(15)8-10-16/h3-6,14H,7-11,15H2,1-2H3/q+1. The van der Waals surface area contributed by atoms with E-state index in [0.717, 1.165) is 11.0 Å². The monoisotopic (exact) mass is 219 g/mol. The molecule has 0 radical (unpaired) electrons. The van der Waals surface area contributed by atoms with Crippen LogP contribution in [-0.2, 0) is 6.54 Å². The van der Waals surface area contributed by atoms with Crippen LogP contribution in [0.25, 0.3) is 0 Å². The zero-order valence-electron chi connectivity index (χ0n) is 10.4. The first-order chi connectivity index (χ1) is 7.57. The van der Waals surface area contributed by atoms with Crippen LogP contribution in [0.2, 0.25) is 0 Å². The minimum Gasteiger partial charge on any atom is -0.327 e. The Morgan fingerprint density at radius 1 is 1.19 bits per heavy atom. The molecule has 2 rings (SSSR count). The van der Waals surface area contributed by atoms with Gasteiger partial charge in [0.1, 0.15) is 6.54 Å². The van der Waals surface area contributed by atoms with Gasteiger partial charge in [0.15, 0.2) is 0 Å². The van der Waals surface area contributed by atoms with Crippen LogP contribution in [0.3, 0.4) is 0 Å². The molecule has 2 N–H and O–H groups in total. The van der Waals surface area contributed by atoms with Gasteiger partial charge in [-0.15, -0.1) is 0 Å². The van der Waals surface area contributed by atoms with Crippen LogP contribution >= 0.6 is 0 Å². The molecule has 1 saturated heterocycles. The molecule has 88 valence electrons. The number of likely N-dealkylation sites (tertiary alicyclic amines) is 1. The lowest BCUT2D eigenvalue weighted by Crippen LogP contribution is -2.51. The Morgan fingerprint density at radius 3 is 2.31 bits per heavy atom. The molecule has 0 spiro atoms. The SMILES string of the molecule is Cc1ccc(C[N+]2(C)CCC(N)CC2)cc1. The molecule has 0 saturated carbocycles. The maximum absolute atomic E-state index is 5.96. The number of piperidine rings is 1. The Labute approximate surface area is 98.7 Å². The summed E-state index contributed by atoms with van der Waals surface area (Å²) in [5.74, 6) is 0. The quantitative estimate of drug-likeness (QED) is 0.757. The second-order valence-corrected chi connectivity index (χ2v) is 5.55. The third-order valence-corrected chi connectivity index (χ3v) is 3.76. The highest BCUT2D eigenvalue weighted by molar-refractivity contribution is 5.20. The van der Waals surface area contributed by atoms with Crippen molar-refractivity contribution in [3.63, 3.8) is 0 Å². The van der Waals surface area contributed by atoms with E-state index in [9.17, 15) is 0 Å². The highest BCUT2D eigenvalue weighted by Crippen LogP contribution is 2.19. The number of nitrogens with two attached hydrogens (primary N) is 1. The predicted molar refractivity (Wildman–Crippen MR) is 68.0 cm³/mol. The van der Waals surface area contributed by atoms with Crippen LogP contribution in [-0.4, -0.2) is 30.7 Å². The van der Waals surface area contributed by atoms with Crippen molar-refractivity contribution in [1.29, 1.82) is 0 Å². The van der Waals surface area contributed by atoms with E-state index < -0.39 is 0 Å². The Balaban J connectivity index is 2.00. The maximum atomic E-state index is 5.96. The molecule has 0 bridgehead atoms. The normalized spacial score (nSPS) is 30.3. The fraction of sp³-hybridized carbons (Fsp3) is 0.571. The molecular formula is C14H23N2+. The molecule has 1 aliphatic rings. The molecule has 1 aliphatic heterocycles. The maximum Gasteiger partial charge on any atom is 0.104 e. The fourth-order valence-electron chi connectivity index (χ4n) is 2.50. The molecule has 1 fully saturated rings. The number of hydrogen-bond donors (Lipinski definition) is 1. The Kier molecular flexibility index (Phi) is 3.31. The van der Waals surface area contributed by atoms with Gasteiger partial charge >= 0.3 is 0 Å². The number of nitrogens with zero attached hydrogens (tertiary/aromatic N) is 1. The number of hydrogen-bond acceptors (Lipinski definition) is 1. The molecule has 0 aromatic heterocycles. The molecule has 2 nitrogen and oxygen atoms in total. The zero-order chi connectivity index (χ0) is 11.6. The summed E-state index contributed by atoms with van der Waals surface area (Å²) in [6.07, 6.45) is 2.34. The van der Waals surface area contributed by atoms with Gasteiger partial charge in [0.25, 0.3) is 0 Å². The average Bonchev–Trinajstić information content (AvgIpc) is 2.27. The summed E-state index contributed by atoms with van der Waals surface area (Å²) >= 11 is 0. The molecular weight excluding hydrogens is 196 g/mol. The van der Waals surface area contributed by atoms with Crippen molar-refractivity contribution in [3.05, 3.63) is 35.4 Å². The van der Waals surface area contributed by atoms with Crippen LogP contribution in [0.15, 0.2) is 24.3 Å². The van der Waals surface area contributed by atoms with E-state index in [1.54, 1.807) is 0 Å². The molecule has 0 unspecified atom stereocenters. The first-order valence-electron chi connectivity index (χ1n) is 6.22. The number of benzene rings is 1. The molecule has 1 aromatic rings. The molecule has 0 aliphatic carbocycles. The van der Waals surface area contributed by atoms with Gasteiger partial charge in [-0.1, -0.05) is 29.8 Å². The van der Waals surface area contributed by atoms with E-state index in [-0.39, 0.29) is 0 Å². The van der Waals surface area contributed by atoms with Crippen LogP contribution in [0.4, 0.5) is 0 Å². The lowest BCUT2D eigenvalue weighted by atomic mass is 10.0. The van der Waals surface area contributed by atoms with E-state index in [4.69, 9.17) is 5.73 Å². The van der Waals surface area contributed by atoms with E-state index >= 15 is 0 Å². The van der Waals surface area contributed by atoms with Crippen LogP contribution in [0.1, 0.15) is 24.0 Å². The van der Waals surface area contributed by atoms with E-state index in [2.05, 4.69) is 38.2 Å². The third-order valence-electron chi connectivity index (χ3n) is 3.76. The largest absolute Gasteiger partial charge is 0.327 e. The number of quaternary nitrogens is 1. The summed E-state index contributed by atoms with van der Waals surface area (Å²) in [5.41, 5.74) is 8.75. The van der Waals surface area contributed by atoms with Crippen molar-refractivity contribution in [2.75, 3.05) is 20.1 Å². The van der Waals surface area contributed by atoms with Crippen LogP contribution in [0.5, 0.6) is 0 Å². The third kappa shape index (κ3) is 2.83. The Morgan fingerprint density at radius 2 is 1.75 bits per heavy atom. The van der Waals surface area contributed by atoms with Gasteiger partial charge in [-0.2, -0.15) is 0 Å². The summed E-state index contributed by atoms with van der Waals surface area (Å²) in [6, 6.07) is 9.36. The van der Waals surface area contributed by atoms with Crippen molar-refractivity contribution < 1.29 is 4.48 Å². The van der Waals surface area contributed by atoms with Gasteiger partial charge in [-0.05, 0) is 6.92 Å². The second kappa shape index (κ2) is 4.56. The van der Waals surface area contributed by atoms with Gasteiger partial charge in [-0.3, -0.25) is 0 Å². The van der Waals surface area contributed by atoms with Crippen molar-refractivity contribution >= 4 is 0 Å². The second-order valence-electron chi connectivity index (χ2n) is 5.55. The van der Waals surface area contributed by atoms with E-state index in [1.807, 2.05) is 0 Å². The Bertz CT molecular complexity index is 334. The number of aryl methyl sites for hydroxylation is 1. The molecule has 0 amide bonds. The van der Waals surface area contributed by atoms with Gasteiger partial charge in [0.2, 0.25) is 0 Å². The fourth-order valence-corrected chi connectivity index (χ4v) is 2.50. The first kappa shape index (κ1) is 11.6. The van der Waals surface area contributed by atoms with Crippen molar-refractivity contribution in [2.45, 2.75) is 32.4 Å². The highest BCUT2D eigenvalue weighted by atomic mass is 15.3. The van der Waals surface area contributed by atoms with E-state index in [0.29, 0.717) is 6.04 Å². The van der Waals surface area contributed by atoms with Gasteiger partial charge in [0, 0.05) is 24.4 Å². The summed E-state index contributed by atoms with van der Waals surface area (Å²) < 4.78 is 1.15. The summed E-state index contributed by atoms with van der Waals surface area (Å²) in [7, 11) is 2.35. The van der Waals surface area contributed by atoms with E-state index in [1.165, 1.54) is 37.1 Å². The van der Waals surface area contributed by atoms with Crippen LogP contribution in [0, 0.1) is 6.92 Å². The summed E-state index contributed by atoms with van der Waals surface area (Å²) in [5, 5.41) is 0. The minimum absolute atomic E-state index is 0.434. The summed E-state index contributed by atoms with van der Waals surface area (Å²) in [6.45, 7) is 5.72.